The summed E-state index contributed by atoms with van der Waals surface area (Å²) in [6.45, 7) is 7.20. The van der Waals surface area contributed by atoms with Gasteiger partial charge in [-0.15, -0.1) is 0 Å². The molecule has 4 atom stereocenters. The fourth-order valence-corrected chi connectivity index (χ4v) is 3.77. The quantitative estimate of drug-likeness (QED) is 0.561. The van der Waals surface area contributed by atoms with Gasteiger partial charge in [0.1, 0.15) is 0 Å². The van der Waals surface area contributed by atoms with Crippen LogP contribution in [0.3, 0.4) is 0 Å². The van der Waals surface area contributed by atoms with E-state index in [1.54, 1.807) is 0 Å². The van der Waals surface area contributed by atoms with Crippen molar-refractivity contribution in [3.8, 4) is 0 Å². The Morgan fingerprint density at radius 3 is 2.82 bits per heavy atom. The zero-order valence-corrected chi connectivity index (χ0v) is 11.2. The molecule has 0 radical (unpaired) electrons. The summed E-state index contributed by atoms with van der Waals surface area (Å²) in [5, 5.41) is 9.43. The van der Waals surface area contributed by atoms with Gasteiger partial charge in [0, 0.05) is 0 Å². The van der Waals surface area contributed by atoms with Gasteiger partial charge in [-0.2, -0.15) is 0 Å². The van der Waals surface area contributed by atoms with Crippen molar-refractivity contribution in [2.45, 2.75) is 58.2 Å². The van der Waals surface area contributed by atoms with Crippen LogP contribution in [0.1, 0.15) is 46.5 Å². The van der Waals surface area contributed by atoms with E-state index in [0.717, 1.165) is 18.8 Å². The van der Waals surface area contributed by atoms with E-state index in [1.165, 1.54) is 18.4 Å². The summed E-state index contributed by atoms with van der Waals surface area (Å²) in [7, 11) is 0. The second-order valence-corrected chi connectivity index (χ2v) is 6.93. The van der Waals surface area contributed by atoms with E-state index >= 15 is 0 Å². The highest BCUT2D eigenvalue weighted by Gasteiger charge is 2.59. The third-order valence-corrected chi connectivity index (χ3v) is 5.47. The van der Waals surface area contributed by atoms with Crippen LogP contribution in [0.25, 0.3) is 0 Å². The number of rotatable bonds is 1. The molecule has 1 saturated heterocycles. The summed E-state index contributed by atoms with van der Waals surface area (Å²) in [5.41, 5.74) is 1.82. The number of ether oxygens (including phenoxy) is 1. The van der Waals surface area contributed by atoms with Crippen molar-refractivity contribution in [3.05, 3.63) is 11.6 Å². The highest BCUT2D eigenvalue weighted by atomic mass is 16.6. The normalized spacial score (nSPS) is 50.6. The number of epoxide rings is 1. The molecule has 2 nitrogen and oxygen atoms in total. The number of aliphatic hydroxyl groups excluding tert-OH is 1. The first kappa shape index (κ1) is 11.7. The Morgan fingerprint density at radius 1 is 1.35 bits per heavy atom. The maximum Gasteiger partial charge on any atom is 0.0920 e. The topological polar surface area (TPSA) is 32.8 Å². The van der Waals surface area contributed by atoms with E-state index in [-0.39, 0.29) is 12.2 Å². The van der Waals surface area contributed by atoms with Crippen LogP contribution in [-0.2, 0) is 4.74 Å². The molecule has 0 bridgehead atoms. The zero-order valence-electron chi connectivity index (χ0n) is 11.2. The Balaban J connectivity index is 1.79. The summed E-state index contributed by atoms with van der Waals surface area (Å²) >= 11 is 0. The SMILES string of the molecule is CC1(C)[C@@H]2/C=C(/CO)CC[C@H]3O[C@]3(C)CC[C@H]21. The number of fused-ring (bicyclic) bond motifs is 2. The first-order valence-electron chi connectivity index (χ1n) is 6.95. The smallest absolute Gasteiger partial charge is 0.0920 e. The van der Waals surface area contributed by atoms with Crippen LogP contribution >= 0.6 is 0 Å². The van der Waals surface area contributed by atoms with Crippen LogP contribution in [0.2, 0.25) is 0 Å². The van der Waals surface area contributed by atoms with E-state index < -0.39 is 0 Å². The minimum atomic E-state index is 0.154. The van der Waals surface area contributed by atoms with E-state index in [2.05, 4.69) is 26.8 Å². The molecule has 1 heterocycles. The standard InChI is InChI=1S/C15H24O2/c1-14(2)11-6-7-15(3)13(17-15)5-4-10(9-16)8-12(11)14/h8,11-13,16H,4-7,9H2,1-3H3/b10-8+/t11-,12-,13-,15-/m1/s1. The van der Waals surface area contributed by atoms with Crippen molar-refractivity contribution >= 4 is 0 Å². The van der Waals surface area contributed by atoms with Crippen molar-refractivity contribution < 1.29 is 9.84 Å². The van der Waals surface area contributed by atoms with Crippen LogP contribution in [-0.4, -0.2) is 23.4 Å². The number of aliphatic hydroxyl groups is 1. The third kappa shape index (κ3) is 1.86. The van der Waals surface area contributed by atoms with Gasteiger partial charge in [-0.05, 0) is 55.4 Å². The summed E-state index contributed by atoms with van der Waals surface area (Å²) in [4.78, 5) is 0. The molecule has 1 N–H and O–H groups in total. The van der Waals surface area contributed by atoms with Crippen LogP contribution in [0.4, 0.5) is 0 Å². The Bertz CT molecular complexity index is 358. The molecule has 0 aromatic rings. The van der Waals surface area contributed by atoms with Crippen LogP contribution in [0.5, 0.6) is 0 Å². The van der Waals surface area contributed by atoms with Gasteiger partial charge in [0.25, 0.3) is 0 Å². The van der Waals surface area contributed by atoms with Crippen molar-refractivity contribution in [3.63, 3.8) is 0 Å². The second-order valence-electron chi connectivity index (χ2n) is 6.93. The van der Waals surface area contributed by atoms with Crippen LogP contribution < -0.4 is 0 Å². The van der Waals surface area contributed by atoms with Gasteiger partial charge in [-0.25, -0.2) is 0 Å². The molecule has 0 aromatic carbocycles. The van der Waals surface area contributed by atoms with Crippen molar-refractivity contribution in [1.29, 1.82) is 0 Å². The molecule has 96 valence electrons. The summed E-state index contributed by atoms with van der Waals surface area (Å²) in [6, 6.07) is 0. The van der Waals surface area contributed by atoms with Gasteiger partial charge in [0.2, 0.25) is 0 Å². The largest absolute Gasteiger partial charge is 0.392 e. The maximum absolute atomic E-state index is 9.43. The van der Waals surface area contributed by atoms with Gasteiger partial charge in [-0.1, -0.05) is 19.9 Å². The summed E-state index contributed by atoms with van der Waals surface area (Å²) in [5.74, 6) is 1.48. The van der Waals surface area contributed by atoms with E-state index in [1.807, 2.05) is 0 Å². The third-order valence-electron chi connectivity index (χ3n) is 5.47. The predicted molar refractivity (Wildman–Crippen MR) is 67.7 cm³/mol. The molecule has 17 heavy (non-hydrogen) atoms. The zero-order chi connectivity index (χ0) is 12.3. The van der Waals surface area contributed by atoms with Gasteiger partial charge in [0.05, 0.1) is 18.3 Å². The molecule has 3 aliphatic rings. The average Bonchev–Trinajstić information content (AvgIpc) is 3.07. The molecule has 0 unspecified atom stereocenters. The molecule has 1 aliphatic heterocycles. The van der Waals surface area contributed by atoms with Crippen LogP contribution in [0, 0.1) is 17.3 Å². The lowest BCUT2D eigenvalue weighted by atomic mass is 9.93. The van der Waals surface area contributed by atoms with E-state index in [0.29, 0.717) is 17.4 Å². The lowest BCUT2D eigenvalue weighted by Crippen LogP contribution is -2.12. The summed E-state index contributed by atoms with van der Waals surface area (Å²) < 4.78 is 5.86. The molecular weight excluding hydrogens is 212 g/mol. The highest BCUT2D eigenvalue weighted by molar-refractivity contribution is 5.21. The molecule has 2 heteroatoms. The van der Waals surface area contributed by atoms with Gasteiger partial charge in [0.15, 0.2) is 0 Å². The lowest BCUT2D eigenvalue weighted by molar-refractivity contribution is 0.283. The first-order chi connectivity index (χ1) is 7.97. The minimum Gasteiger partial charge on any atom is -0.392 e. The molecule has 0 spiro atoms. The lowest BCUT2D eigenvalue weighted by Gasteiger charge is -2.09. The minimum absolute atomic E-state index is 0.154. The number of allylic oxidation sites excluding steroid dienone is 1. The van der Waals surface area contributed by atoms with Crippen molar-refractivity contribution in [2.24, 2.45) is 17.3 Å². The predicted octanol–water partition coefficient (Wildman–Crippen LogP) is 2.91. The molecule has 1 saturated carbocycles. The van der Waals surface area contributed by atoms with Gasteiger partial charge < -0.3 is 9.84 Å². The Labute approximate surface area is 104 Å². The fourth-order valence-electron chi connectivity index (χ4n) is 3.77. The van der Waals surface area contributed by atoms with E-state index in [4.69, 9.17) is 4.74 Å². The first-order valence-corrected chi connectivity index (χ1v) is 6.95. The molecule has 3 rings (SSSR count). The Kier molecular flexibility index (Phi) is 2.47. The average molecular weight is 236 g/mol. The Hall–Kier alpha value is -0.340. The summed E-state index contributed by atoms with van der Waals surface area (Å²) in [6.07, 6.45) is 7.38. The molecule has 0 aromatic heterocycles. The fraction of sp³-hybridized carbons (Fsp3) is 0.867. The molecule has 0 amide bonds. The molecular formula is C15H24O2. The highest BCUT2D eigenvalue weighted by Crippen LogP contribution is 2.63. The Morgan fingerprint density at radius 2 is 2.12 bits per heavy atom. The number of hydrogen-bond acceptors (Lipinski definition) is 2. The van der Waals surface area contributed by atoms with Crippen molar-refractivity contribution in [2.75, 3.05) is 6.61 Å². The van der Waals surface area contributed by atoms with Crippen LogP contribution in [0.15, 0.2) is 11.6 Å². The van der Waals surface area contributed by atoms with Gasteiger partial charge in [-0.3, -0.25) is 0 Å². The second kappa shape index (κ2) is 3.58. The number of hydrogen-bond donors (Lipinski definition) is 1. The molecule has 2 fully saturated rings. The van der Waals surface area contributed by atoms with E-state index in [9.17, 15) is 5.11 Å². The molecule has 2 aliphatic carbocycles. The van der Waals surface area contributed by atoms with Crippen molar-refractivity contribution in [1.82, 2.24) is 0 Å². The van der Waals surface area contributed by atoms with Gasteiger partial charge >= 0.3 is 0 Å². The maximum atomic E-state index is 9.43. The monoisotopic (exact) mass is 236 g/mol.